The summed E-state index contributed by atoms with van der Waals surface area (Å²) in [7, 11) is -3.92. The van der Waals surface area contributed by atoms with Gasteiger partial charge in [0.05, 0.1) is 23.7 Å². The molecule has 162 valence electrons. The van der Waals surface area contributed by atoms with E-state index in [1.54, 1.807) is 25.1 Å². The summed E-state index contributed by atoms with van der Waals surface area (Å²) in [5.41, 5.74) is -1.17. The second-order valence-electron chi connectivity index (χ2n) is 7.22. The zero-order valence-corrected chi connectivity index (χ0v) is 17.6. The van der Waals surface area contributed by atoms with Crippen LogP contribution in [0.2, 0.25) is 0 Å². The molecule has 0 radical (unpaired) electrons. The second kappa shape index (κ2) is 9.04. The van der Waals surface area contributed by atoms with Gasteiger partial charge in [0.25, 0.3) is 0 Å². The van der Waals surface area contributed by atoms with Gasteiger partial charge in [0.15, 0.2) is 0 Å². The van der Waals surface area contributed by atoms with E-state index in [2.05, 4.69) is 11.8 Å². The van der Waals surface area contributed by atoms with Gasteiger partial charge in [0.1, 0.15) is 23.2 Å². The van der Waals surface area contributed by atoms with Crippen molar-refractivity contribution >= 4 is 10.0 Å². The molecule has 7 nitrogen and oxygen atoms in total. The molecule has 9 heteroatoms. The van der Waals surface area contributed by atoms with Crippen LogP contribution in [0.5, 0.6) is 5.75 Å². The van der Waals surface area contributed by atoms with Crippen molar-refractivity contribution in [2.45, 2.75) is 17.4 Å². The Morgan fingerprint density at radius 3 is 2.58 bits per heavy atom. The van der Waals surface area contributed by atoms with Crippen molar-refractivity contribution < 1.29 is 27.8 Å². The number of hydrogen-bond donors (Lipinski definition) is 2. The number of ether oxygens (including phenoxy) is 1. The molecule has 1 heterocycles. The highest BCUT2D eigenvalue weighted by atomic mass is 32.2. The minimum absolute atomic E-state index is 0.0465. The molecule has 31 heavy (non-hydrogen) atoms. The molecule has 0 spiro atoms. The van der Waals surface area contributed by atoms with Crippen LogP contribution in [0.1, 0.15) is 18.1 Å². The highest BCUT2D eigenvalue weighted by molar-refractivity contribution is 7.89. The van der Waals surface area contributed by atoms with E-state index in [0.29, 0.717) is 5.56 Å². The summed E-state index contributed by atoms with van der Waals surface area (Å²) in [6.45, 7) is 0.463. The number of aliphatic hydroxyl groups excluding tert-OH is 1. The maximum Gasteiger partial charge on any atom is 0.243 e. The van der Waals surface area contributed by atoms with Crippen LogP contribution in [0, 0.1) is 34.9 Å². The lowest BCUT2D eigenvalue weighted by Gasteiger charge is -2.26. The van der Waals surface area contributed by atoms with Gasteiger partial charge in [-0.3, -0.25) is 0 Å². The van der Waals surface area contributed by atoms with Gasteiger partial charge in [-0.2, -0.15) is 9.57 Å². The number of aliphatic hydroxyl groups is 2. The van der Waals surface area contributed by atoms with Crippen molar-refractivity contribution in [2.24, 2.45) is 5.92 Å². The zero-order valence-electron chi connectivity index (χ0n) is 16.7. The van der Waals surface area contributed by atoms with Gasteiger partial charge >= 0.3 is 0 Å². The van der Waals surface area contributed by atoms with E-state index < -0.39 is 34.0 Å². The maximum atomic E-state index is 13.8. The van der Waals surface area contributed by atoms with Crippen molar-refractivity contribution in [3.63, 3.8) is 0 Å². The lowest BCUT2D eigenvalue weighted by atomic mass is 9.92. The van der Waals surface area contributed by atoms with Crippen LogP contribution in [0.15, 0.2) is 47.4 Å². The topological polar surface area (TPSA) is 111 Å². The number of hydrogen-bond acceptors (Lipinski definition) is 6. The van der Waals surface area contributed by atoms with Crippen LogP contribution >= 0.6 is 0 Å². The first-order valence-electron chi connectivity index (χ1n) is 9.42. The monoisotopic (exact) mass is 444 g/mol. The van der Waals surface area contributed by atoms with E-state index in [0.717, 1.165) is 10.4 Å². The van der Waals surface area contributed by atoms with E-state index >= 15 is 0 Å². The van der Waals surface area contributed by atoms with Crippen LogP contribution in [-0.4, -0.2) is 54.8 Å². The Bertz CT molecular complexity index is 1170. The van der Waals surface area contributed by atoms with Gasteiger partial charge in [-0.1, -0.05) is 5.92 Å². The van der Waals surface area contributed by atoms with Gasteiger partial charge in [-0.15, -0.1) is 5.92 Å². The molecule has 0 amide bonds. The molecule has 2 aromatic carbocycles. The number of β-amino-alcohol motifs (C(OH)–C–C–N with tert-alkyl or cyclic N) is 1. The van der Waals surface area contributed by atoms with Crippen LogP contribution < -0.4 is 4.74 Å². The highest BCUT2D eigenvalue weighted by Gasteiger charge is 2.49. The Morgan fingerprint density at radius 2 is 2.00 bits per heavy atom. The molecule has 0 aliphatic carbocycles. The summed E-state index contributed by atoms with van der Waals surface area (Å²) < 4.78 is 46.4. The predicted octanol–water partition coefficient (Wildman–Crippen LogP) is 1.49. The molecule has 0 aromatic heterocycles. The molecule has 2 aromatic rings. The Morgan fingerprint density at radius 1 is 1.29 bits per heavy atom. The van der Waals surface area contributed by atoms with Gasteiger partial charge in [0.2, 0.25) is 10.0 Å². The standard InChI is InChI=1S/C22H21FN2O5S/c1-2-3-16-4-8-20(9-5-16)31(28,29)25-12-18(22(27,14-25)15-26)13-30-19-7-6-17(11-24)21(23)10-19/h4-10,18,26-27H,12-15H2,1H3/t18-,22-/m1/s1. The van der Waals surface area contributed by atoms with E-state index in [1.165, 1.54) is 24.3 Å². The third kappa shape index (κ3) is 4.71. The molecule has 0 bridgehead atoms. The first-order chi connectivity index (χ1) is 14.7. The smallest absolute Gasteiger partial charge is 0.243 e. The summed E-state index contributed by atoms with van der Waals surface area (Å²) in [5, 5.41) is 29.3. The molecule has 0 unspecified atom stereocenters. The number of nitriles is 1. The second-order valence-corrected chi connectivity index (χ2v) is 9.16. The summed E-state index contributed by atoms with van der Waals surface area (Å²) in [6.07, 6.45) is 0. The average Bonchev–Trinajstić information content (AvgIpc) is 3.11. The third-order valence-electron chi connectivity index (χ3n) is 5.18. The molecule has 1 fully saturated rings. The van der Waals surface area contributed by atoms with E-state index in [9.17, 15) is 23.0 Å². The van der Waals surface area contributed by atoms with E-state index in [1.807, 2.05) is 0 Å². The van der Waals surface area contributed by atoms with E-state index in [-0.39, 0.29) is 35.9 Å². The third-order valence-corrected chi connectivity index (χ3v) is 7.01. The molecule has 1 aliphatic heterocycles. The molecule has 1 saturated heterocycles. The Kier molecular flexibility index (Phi) is 6.63. The van der Waals surface area contributed by atoms with Crippen molar-refractivity contribution in [1.82, 2.24) is 4.31 Å². The fourth-order valence-corrected chi connectivity index (χ4v) is 4.91. The lowest BCUT2D eigenvalue weighted by molar-refractivity contribution is -0.0452. The van der Waals surface area contributed by atoms with Crippen LogP contribution in [-0.2, 0) is 10.0 Å². The summed E-state index contributed by atoms with van der Waals surface area (Å²) in [6, 6.07) is 11.5. The molecule has 1 aliphatic rings. The molecule has 3 rings (SSSR count). The summed E-state index contributed by atoms with van der Waals surface area (Å²) in [5.74, 6) is 4.20. The molecular formula is C22H21FN2O5S. The number of rotatable bonds is 6. The quantitative estimate of drug-likeness (QED) is 0.653. The van der Waals surface area contributed by atoms with Crippen molar-refractivity contribution in [3.05, 3.63) is 59.4 Å². The first kappa shape index (κ1) is 22.7. The van der Waals surface area contributed by atoms with Gasteiger partial charge < -0.3 is 14.9 Å². The van der Waals surface area contributed by atoms with Gasteiger partial charge in [-0.25, -0.2) is 12.8 Å². The van der Waals surface area contributed by atoms with Crippen LogP contribution in [0.4, 0.5) is 4.39 Å². The average molecular weight is 444 g/mol. The maximum absolute atomic E-state index is 13.8. The number of nitrogens with zero attached hydrogens (tertiary/aromatic N) is 2. The SMILES string of the molecule is CC#Cc1ccc(S(=O)(=O)N2C[C@H](COc3ccc(C#N)c(F)c3)[C@](O)(CO)C2)cc1. The van der Waals surface area contributed by atoms with E-state index in [4.69, 9.17) is 10.00 Å². The zero-order chi connectivity index (χ0) is 22.6. The molecule has 0 saturated carbocycles. The first-order valence-corrected chi connectivity index (χ1v) is 10.9. The lowest BCUT2D eigenvalue weighted by Crippen LogP contribution is -2.44. The largest absolute Gasteiger partial charge is 0.493 e. The highest BCUT2D eigenvalue weighted by Crippen LogP contribution is 2.32. The number of sulfonamides is 1. The molecule has 2 N–H and O–H groups in total. The summed E-state index contributed by atoms with van der Waals surface area (Å²) in [4.78, 5) is 0.0465. The van der Waals surface area contributed by atoms with Crippen LogP contribution in [0.25, 0.3) is 0 Å². The van der Waals surface area contributed by atoms with Crippen molar-refractivity contribution in [3.8, 4) is 23.7 Å². The summed E-state index contributed by atoms with van der Waals surface area (Å²) >= 11 is 0. The normalized spacial score (nSPS) is 21.2. The Hall–Kier alpha value is -2.95. The fraction of sp³-hybridized carbons (Fsp3) is 0.318. The van der Waals surface area contributed by atoms with Gasteiger partial charge in [0, 0.05) is 30.6 Å². The van der Waals surface area contributed by atoms with Crippen LogP contribution in [0.3, 0.4) is 0 Å². The minimum Gasteiger partial charge on any atom is -0.493 e. The fourth-order valence-electron chi connectivity index (χ4n) is 3.36. The minimum atomic E-state index is -3.92. The molecule has 2 atom stereocenters. The number of benzene rings is 2. The Labute approximate surface area is 180 Å². The van der Waals surface area contributed by atoms with Crippen molar-refractivity contribution in [2.75, 3.05) is 26.3 Å². The van der Waals surface area contributed by atoms with Gasteiger partial charge in [-0.05, 0) is 43.3 Å². The molecular weight excluding hydrogens is 423 g/mol. The number of halogens is 1. The Balaban J connectivity index is 1.77. The van der Waals surface area contributed by atoms with Crippen molar-refractivity contribution in [1.29, 1.82) is 5.26 Å². The predicted molar refractivity (Wildman–Crippen MR) is 110 cm³/mol.